The molecule has 0 bridgehead atoms. The molecule has 0 fully saturated rings. The van der Waals surface area contributed by atoms with Crippen LogP contribution in [0, 0.1) is 11.8 Å². The summed E-state index contributed by atoms with van der Waals surface area (Å²) in [6.45, 7) is 9.44. The summed E-state index contributed by atoms with van der Waals surface area (Å²) in [6.07, 6.45) is -1.70. The Bertz CT molecular complexity index is 1180. The molecule has 1 aromatic heterocycles. The maximum atomic E-state index is 12.9. The monoisotopic (exact) mass is 552 g/mol. The van der Waals surface area contributed by atoms with E-state index in [0.717, 1.165) is 27.5 Å². The van der Waals surface area contributed by atoms with Crippen LogP contribution in [0.3, 0.4) is 0 Å². The van der Waals surface area contributed by atoms with Gasteiger partial charge < -0.3 is 20.8 Å². The second-order valence-electron chi connectivity index (χ2n) is 9.46. The number of nitrogens with one attached hydrogen (secondary N) is 2. The van der Waals surface area contributed by atoms with E-state index in [0.29, 0.717) is 12.0 Å². The first kappa shape index (κ1) is 30.4. The first-order valence-corrected chi connectivity index (χ1v) is 14.5. The van der Waals surface area contributed by atoms with Crippen molar-refractivity contribution < 1.29 is 28.2 Å². The largest absolute Gasteiger partial charge is 0.389 e. The van der Waals surface area contributed by atoms with E-state index in [1.165, 1.54) is 12.4 Å². The van der Waals surface area contributed by atoms with Gasteiger partial charge in [-0.1, -0.05) is 56.3 Å². The van der Waals surface area contributed by atoms with Crippen LogP contribution < -0.4 is 14.9 Å². The molecule has 0 aliphatic carbocycles. The van der Waals surface area contributed by atoms with Crippen LogP contribution >= 0.6 is 11.3 Å². The summed E-state index contributed by atoms with van der Waals surface area (Å²) in [4.78, 5) is 30.0. The molecular weight excluding hydrogens is 516 g/mol. The van der Waals surface area contributed by atoms with Gasteiger partial charge in [0.1, 0.15) is 11.8 Å². The van der Waals surface area contributed by atoms with E-state index in [-0.39, 0.29) is 23.3 Å². The summed E-state index contributed by atoms with van der Waals surface area (Å²) in [5, 5.41) is 29.1. The van der Waals surface area contributed by atoms with Crippen LogP contribution in [0.5, 0.6) is 0 Å². The number of carbonyl (C=O) groups excluding carboxylic acids is 2. The number of amides is 2. The Morgan fingerprint density at radius 1 is 1.16 bits per heavy atom. The maximum Gasteiger partial charge on any atom is 0.271 e. The third-order valence-electron chi connectivity index (χ3n) is 5.76. The standard InChI is InChI=1S/C25H36N4O6S2/c1-15(2)12-18(27-23(32)19-14-36-25(28-19)29(5)37(6,34)35)21(30)22(31)20(16(3)4)24(33)26-13-17-10-8-7-9-11-17/h7-11,14-15,18,20-22,30-31H,3,12-13H2,1-2,4-6H3,(H,26,33)(H,27,32)/t18-,20+,21+,22+/m0/s1. The van der Waals surface area contributed by atoms with E-state index >= 15 is 0 Å². The number of benzene rings is 1. The number of aromatic nitrogens is 1. The summed E-state index contributed by atoms with van der Waals surface area (Å²) in [7, 11) is -2.22. The second-order valence-corrected chi connectivity index (χ2v) is 12.3. The van der Waals surface area contributed by atoms with Gasteiger partial charge in [-0.15, -0.1) is 11.3 Å². The van der Waals surface area contributed by atoms with Gasteiger partial charge in [-0.05, 0) is 24.8 Å². The van der Waals surface area contributed by atoms with Crippen LogP contribution in [0.4, 0.5) is 5.13 Å². The number of aliphatic hydroxyl groups excluding tert-OH is 2. The number of aliphatic hydroxyl groups is 2. The smallest absolute Gasteiger partial charge is 0.271 e. The predicted molar refractivity (Wildman–Crippen MR) is 145 cm³/mol. The number of rotatable bonds is 13. The van der Waals surface area contributed by atoms with E-state index in [9.17, 15) is 28.2 Å². The predicted octanol–water partition coefficient (Wildman–Crippen LogP) is 1.91. The van der Waals surface area contributed by atoms with Gasteiger partial charge in [-0.3, -0.25) is 9.59 Å². The molecule has 0 aliphatic heterocycles. The molecular formula is C25H36N4O6S2. The van der Waals surface area contributed by atoms with Crippen molar-refractivity contribution in [1.82, 2.24) is 15.6 Å². The molecule has 2 amide bonds. The van der Waals surface area contributed by atoms with Crippen molar-refractivity contribution in [2.75, 3.05) is 17.6 Å². The fourth-order valence-corrected chi connectivity index (χ4v) is 5.23. The quantitative estimate of drug-likeness (QED) is 0.277. The summed E-state index contributed by atoms with van der Waals surface area (Å²) < 4.78 is 24.5. The summed E-state index contributed by atoms with van der Waals surface area (Å²) in [6, 6.07) is 8.35. The summed E-state index contributed by atoms with van der Waals surface area (Å²) in [5.74, 6) is -2.21. The lowest BCUT2D eigenvalue weighted by molar-refractivity contribution is -0.130. The molecule has 0 unspecified atom stereocenters. The molecule has 4 N–H and O–H groups in total. The van der Waals surface area contributed by atoms with E-state index < -0.39 is 46.0 Å². The second kappa shape index (κ2) is 13.1. The van der Waals surface area contributed by atoms with Crippen molar-refractivity contribution in [3.63, 3.8) is 0 Å². The van der Waals surface area contributed by atoms with Crippen molar-refractivity contribution in [2.45, 2.75) is 52.0 Å². The van der Waals surface area contributed by atoms with Crippen LogP contribution in [0.15, 0.2) is 47.9 Å². The van der Waals surface area contributed by atoms with Gasteiger partial charge in [0.15, 0.2) is 5.13 Å². The summed E-state index contributed by atoms with van der Waals surface area (Å²) in [5.41, 5.74) is 1.21. The summed E-state index contributed by atoms with van der Waals surface area (Å²) >= 11 is 0.983. The van der Waals surface area contributed by atoms with Crippen molar-refractivity contribution in [3.8, 4) is 0 Å². The fraction of sp³-hybridized carbons (Fsp3) is 0.480. The topological polar surface area (TPSA) is 149 Å². The van der Waals surface area contributed by atoms with Gasteiger partial charge >= 0.3 is 0 Å². The van der Waals surface area contributed by atoms with Crippen LogP contribution in [0.1, 0.15) is 43.2 Å². The van der Waals surface area contributed by atoms with Crippen molar-refractivity contribution in [2.24, 2.45) is 11.8 Å². The Hall–Kier alpha value is -2.80. The first-order valence-electron chi connectivity index (χ1n) is 11.8. The molecule has 0 saturated carbocycles. The van der Waals surface area contributed by atoms with Crippen LogP contribution in [-0.2, 0) is 21.4 Å². The lowest BCUT2D eigenvalue weighted by Gasteiger charge is -2.32. The number of hydrogen-bond donors (Lipinski definition) is 4. The van der Waals surface area contributed by atoms with Gasteiger partial charge in [0.25, 0.3) is 5.91 Å². The Morgan fingerprint density at radius 3 is 2.32 bits per heavy atom. The minimum atomic E-state index is -3.55. The minimum absolute atomic E-state index is 0.0250. The Labute approximate surface area is 222 Å². The highest BCUT2D eigenvalue weighted by molar-refractivity contribution is 7.92. The zero-order chi connectivity index (χ0) is 27.9. The third kappa shape index (κ3) is 8.63. The highest BCUT2D eigenvalue weighted by atomic mass is 32.2. The molecule has 0 aliphatic rings. The Morgan fingerprint density at radius 2 is 1.78 bits per heavy atom. The molecule has 0 radical (unpaired) electrons. The van der Waals surface area contributed by atoms with E-state index in [1.807, 2.05) is 44.2 Å². The van der Waals surface area contributed by atoms with E-state index in [2.05, 4.69) is 22.2 Å². The highest BCUT2D eigenvalue weighted by Crippen LogP contribution is 2.24. The van der Waals surface area contributed by atoms with Crippen LogP contribution in [0.25, 0.3) is 0 Å². The number of nitrogens with zero attached hydrogens (tertiary/aromatic N) is 2. The number of carbonyl (C=O) groups is 2. The average molecular weight is 553 g/mol. The van der Waals surface area contributed by atoms with Gasteiger partial charge in [0, 0.05) is 19.0 Å². The zero-order valence-electron chi connectivity index (χ0n) is 21.7. The molecule has 0 spiro atoms. The number of sulfonamides is 1. The molecule has 37 heavy (non-hydrogen) atoms. The zero-order valence-corrected chi connectivity index (χ0v) is 23.3. The third-order valence-corrected chi connectivity index (χ3v) is 7.96. The molecule has 10 nitrogen and oxygen atoms in total. The SMILES string of the molecule is C=C(C)[C@@H](C(=O)NCc1ccccc1)[C@@H](O)[C@H](O)[C@H](CC(C)C)NC(=O)c1csc(N(C)S(C)(=O)=O)n1. The fourth-order valence-electron chi connectivity index (χ4n) is 3.69. The molecule has 204 valence electrons. The Balaban J connectivity index is 2.18. The van der Waals surface area contributed by atoms with Gasteiger partial charge in [0.2, 0.25) is 15.9 Å². The van der Waals surface area contributed by atoms with Crippen LogP contribution in [-0.4, -0.2) is 67.0 Å². The Kier molecular flexibility index (Phi) is 10.8. The van der Waals surface area contributed by atoms with Crippen molar-refractivity contribution in [3.05, 3.63) is 59.1 Å². The minimum Gasteiger partial charge on any atom is -0.389 e. The van der Waals surface area contributed by atoms with Gasteiger partial charge in [-0.2, -0.15) is 0 Å². The van der Waals surface area contributed by atoms with Gasteiger partial charge in [0.05, 0.1) is 24.3 Å². The van der Waals surface area contributed by atoms with Crippen molar-refractivity contribution >= 4 is 38.3 Å². The molecule has 1 heterocycles. The molecule has 4 atom stereocenters. The van der Waals surface area contributed by atoms with E-state index in [4.69, 9.17) is 0 Å². The average Bonchev–Trinajstić information content (AvgIpc) is 3.31. The van der Waals surface area contributed by atoms with Crippen LogP contribution in [0.2, 0.25) is 0 Å². The molecule has 12 heteroatoms. The number of thiazole rings is 1. The van der Waals surface area contributed by atoms with Gasteiger partial charge in [-0.25, -0.2) is 17.7 Å². The maximum absolute atomic E-state index is 12.9. The van der Waals surface area contributed by atoms with E-state index in [1.54, 1.807) is 6.92 Å². The number of hydrogen-bond acceptors (Lipinski definition) is 8. The lowest BCUT2D eigenvalue weighted by atomic mass is 9.85. The molecule has 2 rings (SSSR count). The molecule has 1 aromatic carbocycles. The molecule has 0 saturated heterocycles. The first-order chi connectivity index (χ1) is 17.2. The van der Waals surface area contributed by atoms with Crippen molar-refractivity contribution in [1.29, 1.82) is 0 Å². The lowest BCUT2D eigenvalue weighted by Crippen LogP contribution is -2.53. The normalized spacial score (nSPS) is 14.9. The molecule has 2 aromatic rings. The number of anilines is 1. The highest BCUT2D eigenvalue weighted by Gasteiger charge is 2.37.